The lowest BCUT2D eigenvalue weighted by Gasteiger charge is -2.45. The first-order valence-corrected chi connectivity index (χ1v) is 10.9. The number of cyclic esters (lactones) is 1. The summed E-state index contributed by atoms with van der Waals surface area (Å²) in [5.74, 6) is -0.413. The summed E-state index contributed by atoms with van der Waals surface area (Å²) < 4.78 is 12.9. The van der Waals surface area contributed by atoms with E-state index in [1.165, 1.54) is 0 Å². The molecule has 2 fully saturated rings. The molecule has 1 aliphatic carbocycles. The average molecular weight is 452 g/mol. The molecule has 0 unspecified atom stereocenters. The van der Waals surface area contributed by atoms with Gasteiger partial charge in [-0.05, 0) is 64.7 Å². The molecular formula is C22H30BrNO4. The fourth-order valence-corrected chi connectivity index (χ4v) is 5.13. The normalized spacial score (nSPS) is 29.6. The molecule has 3 atom stereocenters. The van der Waals surface area contributed by atoms with Crippen molar-refractivity contribution in [3.05, 3.63) is 34.3 Å². The van der Waals surface area contributed by atoms with Crippen molar-refractivity contribution in [3.63, 3.8) is 0 Å². The van der Waals surface area contributed by atoms with Crippen molar-refractivity contribution in [2.75, 3.05) is 0 Å². The lowest BCUT2D eigenvalue weighted by molar-refractivity contribution is -0.162. The Labute approximate surface area is 175 Å². The zero-order valence-corrected chi connectivity index (χ0v) is 18.9. The van der Waals surface area contributed by atoms with E-state index in [0.29, 0.717) is 6.42 Å². The summed E-state index contributed by atoms with van der Waals surface area (Å²) in [5, 5.41) is 0. The van der Waals surface area contributed by atoms with Crippen LogP contribution in [0.3, 0.4) is 0 Å². The van der Waals surface area contributed by atoms with Gasteiger partial charge in [0.15, 0.2) is 0 Å². The maximum atomic E-state index is 13.2. The Morgan fingerprint density at radius 3 is 2.29 bits per heavy atom. The molecule has 1 heterocycles. The van der Waals surface area contributed by atoms with Crippen molar-refractivity contribution >= 4 is 28.0 Å². The number of benzene rings is 1. The molecule has 154 valence electrons. The van der Waals surface area contributed by atoms with Crippen molar-refractivity contribution in [2.24, 2.45) is 5.41 Å². The van der Waals surface area contributed by atoms with E-state index in [1.807, 2.05) is 58.9 Å². The minimum Gasteiger partial charge on any atom is -0.454 e. The lowest BCUT2D eigenvalue weighted by Crippen LogP contribution is -2.56. The third-order valence-corrected chi connectivity index (χ3v) is 6.82. The van der Waals surface area contributed by atoms with E-state index in [1.54, 1.807) is 4.90 Å². The van der Waals surface area contributed by atoms with Crippen LogP contribution in [-0.2, 0) is 14.3 Å². The molecule has 0 aromatic heterocycles. The van der Waals surface area contributed by atoms with Crippen LogP contribution in [0.2, 0.25) is 0 Å². The minimum atomic E-state index is -1.23. The number of halogens is 1. The molecule has 1 aliphatic heterocycles. The summed E-state index contributed by atoms with van der Waals surface area (Å²) in [6.07, 6.45) is 2.24. The lowest BCUT2D eigenvalue weighted by atomic mass is 9.62. The zero-order valence-electron chi connectivity index (χ0n) is 17.3. The molecule has 6 heteroatoms. The number of carbonyl (C=O) groups is 2. The van der Waals surface area contributed by atoms with Gasteiger partial charge in [-0.25, -0.2) is 9.59 Å². The number of amides is 1. The summed E-state index contributed by atoms with van der Waals surface area (Å²) in [5.41, 5.74) is -0.892. The van der Waals surface area contributed by atoms with Gasteiger partial charge in [0.2, 0.25) is 5.60 Å². The van der Waals surface area contributed by atoms with Gasteiger partial charge in [-0.2, -0.15) is 0 Å². The number of hydrogen-bond acceptors (Lipinski definition) is 4. The first kappa shape index (κ1) is 21.2. The zero-order chi connectivity index (χ0) is 20.7. The van der Waals surface area contributed by atoms with Crippen molar-refractivity contribution in [2.45, 2.75) is 84.1 Å². The largest absolute Gasteiger partial charge is 0.454 e. The van der Waals surface area contributed by atoms with Crippen LogP contribution in [0.1, 0.15) is 72.0 Å². The highest BCUT2D eigenvalue weighted by atomic mass is 79.9. The van der Waals surface area contributed by atoms with Crippen molar-refractivity contribution in [1.29, 1.82) is 0 Å². The predicted octanol–water partition coefficient (Wildman–Crippen LogP) is 5.62. The fourth-order valence-electron chi connectivity index (χ4n) is 4.87. The molecule has 1 saturated heterocycles. The van der Waals surface area contributed by atoms with Crippen LogP contribution in [0.25, 0.3) is 0 Å². The number of ether oxygens (including phenoxy) is 2. The van der Waals surface area contributed by atoms with Crippen LogP contribution in [0.5, 0.6) is 0 Å². The Balaban J connectivity index is 1.98. The van der Waals surface area contributed by atoms with E-state index < -0.39 is 29.2 Å². The van der Waals surface area contributed by atoms with Crippen molar-refractivity contribution < 1.29 is 19.1 Å². The van der Waals surface area contributed by atoms with Crippen molar-refractivity contribution in [3.8, 4) is 0 Å². The van der Waals surface area contributed by atoms with E-state index in [-0.39, 0.29) is 12.1 Å². The molecule has 3 rings (SSSR count). The maximum absolute atomic E-state index is 13.2. The van der Waals surface area contributed by atoms with Gasteiger partial charge in [-0.3, -0.25) is 0 Å². The molecule has 0 bridgehead atoms. The third kappa shape index (κ3) is 3.34. The van der Waals surface area contributed by atoms with Crippen LogP contribution < -0.4 is 0 Å². The molecule has 1 aromatic rings. The number of esters is 1. The molecule has 28 heavy (non-hydrogen) atoms. The highest BCUT2D eigenvalue weighted by Gasteiger charge is 2.69. The van der Waals surface area contributed by atoms with E-state index in [2.05, 4.69) is 15.9 Å². The second kappa shape index (κ2) is 7.69. The number of hydrogen-bond donors (Lipinski definition) is 0. The maximum Gasteiger partial charge on any atom is 0.411 e. The molecule has 1 aromatic carbocycles. The SMILES string of the molecule is CC(C)N(C(=O)O[C@@]12CCCC[C@]1(C)[C@@H](c1ccc(Br)cc1)OC2=O)C(C)C. The molecular weight excluding hydrogens is 422 g/mol. The molecule has 2 aliphatic rings. The summed E-state index contributed by atoms with van der Waals surface area (Å²) in [6, 6.07) is 7.79. The number of fused-ring (bicyclic) bond motifs is 1. The summed E-state index contributed by atoms with van der Waals surface area (Å²) in [6.45, 7) is 9.85. The highest BCUT2D eigenvalue weighted by Crippen LogP contribution is 2.60. The second-order valence-electron chi connectivity index (χ2n) is 8.75. The first-order chi connectivity index (χ1) is 13.1. The topological polar surface area (TPSA) is 55.8 Å². The van der Waals surface area contributed by atoms with Gasteiger partial charge in [0.05, 0.1) is 5.41 Å². The van der Waals surface area contributed by atoms with Gasteiger partial charge < -0.3 is 14.4 Å². The van der Waals surface area contributed by atoms with Gasteiger partial charge in [0, 0.05) is 16.6 Å². The van der Waals surface area contributed by atoms with E-state index in [4.69, 9.17) is 9.47 Å². The predicted molar refractivity (Wildman–Crippen MR) is 111 cm³/mol. The smallest absolute Gasteiger partial charge is 0.411 e. The van der Waals surface area contributed by atoms with Gasteiger partial charge >= 0.3 is 12.1 Å². The average Bonchev–Trinajstić information content (AvgIpc) is 2.83. The summed E-state index contributed by atoms with van der Waals surface area (Å²) in [7, 11) is 0. The quantitative estimate of drug-likeness (QED) is 0.557. The number of rotatable bonds is 4. The summed E-state index contributed by atoms with van der Waals surface area (Å²) >= 11 is 3.45. The van der Waals surface area contributed by atoms with Gasteiger partial charge in [0.25, 0.3) is 0 Å². The van der Waals surface area contributed by atoms with Gasteiger partial charge in [-0.15, -0.1) is 0 Å². The Hall–Kier alpha value is -1.56. The van der Waals surface area contributed by atoms with Crippen molar-refractivity contribution in [1.82, 2.24) is 4.90 Å². The Morgan fingerprint density at radius 1 is 1.14 bits per heavy atom. The number of carbonyl (C=O) groups excluding carboxylic acids is 2. The van der Waals surface area contributed by atoms with Crippen LogP contribution in [-0.4, -0.2) is 34.6 Å². The minimum absolute atomic E-state index is 0.0153. The highest BCUT2D eigenvalue weighted by molar-refractivity contribution is 9.10. The van der Waals surface area contributed by atoms with Crippen LogP contribution in [0, 0.1) is 5.41 Å². The second-order valence-corrected chi connectivity index (χ2v) is 9.67. The standard InChI is InChI=1S/C22H30BrNO4/c1-14(2)24(15(3)4)20(26)28-22-13-7-6-12-21(22,5)18(27-19(22)25)16-8-10-17(23)11-9-16/h8-11,14-15,18H,6-7,12-13H2,1-5H3/t18-,21-,22-/m1/s1. The van der Waals surface area contributed by atoms with Gasteiger partial charge in [0.1, 0.15) is 6.10 Å². The Kier molecular flexibility index (Phi) is 5.81. The van der Waals surface area contributed by atoms with E-state index in [0.717, 1.165) is 29.3 Å². The fraction of sp³-hybridized carbons (Fsp3) is 0.636. The molecule has 1 amide bonds. The molecule has 5 nitrogen and oxygen atoms in total. The molecule has 0 spiro atoms. The first-order valence-electron chi connectivity index (χ1n) is 10.1. The van der Waals surface area contributed by atoms with Crippen LogP contribution in [0.4, 0.5) is 4.79 Å². The Morgan fingerprint density at radius 2 is 1.71 bits per heavy atom. The molecule has 1 saturated carbocycles. The van der Waals surface area contributed by atoms with Crippen LogP contribution in [0.15, 0.2) is 28.7 Å². The molecule has 0 radical (unpaired) electrons. The third-order valence-electron chi connectivity index (χ3n) is 6.29. The van der Waals surface area contributed by atoms with Crippen LogP contribution >= 0.6 is 15.9 Å². The summed E-state index contributed by atoms with van der Waals surface area (Å²) in [4.78, 5) is 27.9. The number of nitrogens with zero attached hydrogens (tertiary/aromatic N) is 1. The van der Waals surface area contributed by atoms with E-state index >= 15 is 0 Å². The molecule has 0 N–H and O–H groups in total. The Bertz CT molecular complexity index is 739. The van der Waals surface area contributed by atoms with Gasteiger partial charge in [-0.1, -0.05) is 41.4 Å². The van der Waals surface area contributed by atoms with E-state index in [9.17, 15) is 9.59 Å². The monoisotopic (exact) mass is 451 g/mol.